The number of carboxylic acids is 1. The molecule has 1 aromatic carbocycles. The number of aliphatic carboxylic acids is 1. The quantitative estimate of drug-likeness (QED) is 0.0365. The van der Waals surface area contributed by atoms with E-state index in [4.69, 9.17) is 19.9 Å². The van der Waals surface area contributed by atoms with Crippen molar-refractivity contribution in [2.24, 2.45) is 17.6 Å². The van der Waals surface area contributed by atoms with Crippen molar-refractivity contribution in [1.29, 1.82) is 0 Å². The number of hydrogen-bond acceptors (Lipinski definition) is 18. The number of nitrogens with one attached hydrogen (secondary N) is 10. The average Bonchev–Trinajstić information content (AvgIpc) is 2.28. The van der Waals surface area contributed by atoms with Crippen molar-refractivity contribution >= 4 is 71.0 Å². The molecule has 3 aliphatic rings. The van der Waals surface area contributed by atoms with Crippen LogP contribution in [0.1, 0.15) is 116 Å². The van der Waals surface area contributed by atoms with Gasteiger partial charge in [0.05, 0.1) is 56.8 Å². The van der Waals surface area contributed by atoms with Crippen LogP contribution in [0.4, 0.5) is 4.79 Å². The highest BCUT2D eigenvalue weighted by atomic mass is 32.2. The van der Waals surface area contributed by atoms with E-state index in [9.17, 15) is 58.2 Å². The van der Waals surface area contributed by atoms with Crippen molar-refractivity contribution in [3.05, 3.63) is 41.7 Å². The molecule has 5 rings (SSSR count). The summed E-state index contributed by atoms with van der Waals surface area (Å²) in [5, 5.41) is 55.6. The van der Waals surface area contributed by atoms with Crippen LogP contribution in [0.2, 0.25) is 0 Å². The van der Waals surface area contributed by atoms with Crippen molar-refractivity contribution in [2.75, 3.05) is 65.0 Å². The molecule has 30 heteroatoms. The molecule has 0 unspecified atom stereocenters. The number of phenolic OH excluding ortho intramolecular Hbond substituents is 1. The van der Waals surface area contributed by atoms with Gasteiger partial charge in [0.1, 0.15) is 36.0 Å². The van der Waals surface area contributed by atoms with E-state index in [1.54, 1.807) is 24.7 Å². The first-order valence-corrected chi connectivity index (χ1v) is 31.6. The van der Waals surface area contributed by atoms with Crippen molar-refractivity contribution in [2.45, 2.75) is 178 Å². The molecular formula is C58H92N14O15S. The molecule has 0 aliphatic carbocycles. The largest absolute Gasteiger partial charge is 0.508 e. The van der Waals surface area contributed by atoms with E-state index in [1.807, 2.05) is 25.6 Å². The van der Waals surface area contributed by atoms with E-state index in [2.05, 4.69) is 63.5 Å². The van der Waals surface area contributed by atoms with Crippen molar-refractivity contribution in [3.63, 3.8) is 0 Å². The molecule has 14 N–H and O–H groups in total. The van der Waals surface area contributed by atoms with Gasteiger partial charge in [-0.25, -0.2) is 4.79 Å². The highest BCUT2D eigenvalue weighted by Gasteiger charge is 2.42. The zero-order chi connectivity index (χ0) is 64.0. The summed E-state index contributed by atoms with van der Waals surface area (Å²) in [7, 11) is 0. The van der Waals surface area contributed by atoms with Crippen LogP contribution in [-0.2, 0) is 76.7 Å². The zero-order valence-electron chi connectivity index (χ0n) is 50.9. The molecule has 2 bridgehead atoms. The summed E-state index contributed by atoms with van der Waals surface area (Å²) in [6.45, 7) is 9.40. The number of nitrogens with two attached hydrogens (primary N) is 1. The van der Waals surface area contributed by atoms with Crippen LogP contribution >= 0.6 is 11.8 Å². The SMILES string of the molecule is CC(C)C[C@@H]1NC(=O)[C@@H](N)Cc2cn(nn2)CCCC[C@@H](C(=O)NCCCOCCOCCOCCCNC(=O)CCCC[C@H]2SC[C@H]3NC(=O)N[C@H]32)NC(=O)[C@H](C(C)C)NC(=O)[C@H](CCC(=O)O)NC(=O)CNC(=O)[C@H](Cc2ccc(O)cc2)NC1=O. The summed E-state index contributed by atoms with van der Waals surface area (Å²) in [5.74, 6) is -6.32. The van der Waals surface area contributed by atoms with Crippen molar-refractivity contribution < 1.29 is 72.4 Å². The van der Waals surface area contributed by atoms with Gasteiger partial charge in [-0.15, -0.1) is 5.10 Å². The second kappa shape index (κ2) is 38.3. The van der Waals surface area contributed by atoms with Crippen LogP contribution in [-0.4, -0.2) is 203 Å². The summed E-state index contributed by atoms with van der Waals surface area (Å²) >= 11 is 1.87. The van der Waals surface area contributed by atoms with Gasteiger partial charge in [-0.3, -0.25) is 47.8 Å². The minimum absolute atomic E-state index is 0.0130. The Morgan fingerprint density at radius 2 is 1.40 bits per heavy atom. The van der Waals surface area contributed by atoms with Gasteiger partial charge >= 0.3 is 12.0 Å². The van der Waals surface area contributed by atoms with Gasteiger partial charge in [0, 0.05) is 75.7 Å². The second-order valence-corrected chi connectivity index (χ2v) is 24.3. The van der Waals surface area contributed by atoms with Crippen LogP contribution < -0.4 is 58.9 Å². The van der Waals surface area contributed by atoms with E-state index >= 15 is 0 Å². The fourth-order valence-corrected chi connectivity index (χ4v) is 11.6. The molecule has 2 saturated heterocycles. The molecule has 10 amide bonds. The second-order valence-electron chi connectivity index (χ2n) is 23.0. The average molecular weight is 1260 g/mol. The fraction of sp³-hybridized carbons (Fsp3) is 0.690. The number of amides is 10. The van der Waals surface area contributed by atoms with Gasteiger partial charge in [0.25, 0.3) is 0 Å². The van der Waals surface area contributed by atoms with Gasteiger partial charge in [0.2, 0.25) is 47.3 Å². The number of carbonyl (C=O) groups excluding carboxylic acids is 9. The number of aromatic nitrogens is 3. The first-order chi connectivity index (χ1) is 42.1. The third-order valence-electron chi connectivity index (χ3n) is 14.8. The zero-order valence-corrected chi connectivity index (χ0v) is 51.8. The van der Waals surface area contributed by atoms with Crippen LogP contribution in [0.3, 0.4) is 0 Å². The number of aryl methyl sites for hydroxylation is 1. The molecule has 3 aliphatic heterocycles. The van der Waals surface area contributed by atoms with Gasteiger partial charge in [-0.05, 0) is 87.3 Å². The van der Waals surface area contributed by atoms with Gasteiger partial charge in [-0.1, -0.05) is 51.5 Å². The van der Waals surface area contributed by atoms with Gasteiger partial charge < -0.3 is 83.3 Å². The van der Waals surface area contributed by atoms with E-state index in [-0.39, 0.29) is 67.9 Å². The maximum atomic E-state index is 14.1. The number of phenols is 1. The predicted octanol–water partition coefficient (Wildman–Crippen LogP) is -0.825. The number of benzene rings is 1. The molecule has 29 nitrogen and oxygen atoms in total. The maximum Gasteiger partial charge on any atom is 0.315 e. The van der Waals surface area contributed by atoms with Crippen LogP contribution in [0.25, 0.3) is 0 Å². The summed E-state index contributed by atoms with van der Waals surface area (Å²) in [6.07, 6.45) is 5.92. The number of urea groups is 1. The minimum Gasteiger partial charge on any atom is -0.508 e. The number of unbranched alkanes of at least 4 members (excludes halogenated alkanes) is 1. The lowest BCUT2D eigenvalue weighted by atomic mass is 10.0. The van der Waals surface area contributed by atoms with E-state index < -0.39 is 109 Å². The standard InChI is InChI=1S/C58H92N14O15S/c1-35(2)29-43-56(82)66-44(30-37-14-16-39(73)17-15-37)54(80)62-32-48(75)63-42(18-19-49(76)77)55(81)68-50(36(3)4)57(83)64-41(11-7-8-22-72-33-38(70-71-72)31-40(59)52(78)65-43)53(79)61-21-10-24-86-26-28-87-27-25-85-23-9-20-60-47(74)13-6-5-12-46-51-45(34-88-46)67-58(84)69-51/h14-17,33,35-36,40-46,50-51,73H,5-13,18-32,34,59H2,1-4H3,(H,60,74)(H,61,79)(H,62,80)(H,63,75)(H,64,83)(H,65,78)(H,66,82)(H,68,81)(H,76,77)(H2,67,69,84)/t40-,41-,42-,43-,44-,45+,46+,50-,51+/m0/s1. The molecule has 4 heterocycles. The number of fused-ring (bicyclic) bond motifs is 3. The minimum atomic E-state index is -1.50. The normalized spacial score (nSPS) is 23.7. The number of thioether (sulfide) groups is 1. The first-order valence-electron chi connectivity index (χ1n) is 30.5. The summed E-state index contributed by atoms with van der Waals surface area (Å²) in [4.78, 5) is 132. The number of rotatable bonds is 28. The first kappa shape index (κ1) is 71.6. The lowest BCUT2D eigenvalue weighted by Crippen LogP contribution is -2.59. The molecule has 1 aromatic heterocycles. The molecule has 0 radical (unpaired) electrons. The summed E-state index contributed by atoms with van der Waals surface area (Å²) in [5.41, 5.74) is 7.25. The van der Waals surface area contributed by atoms with E-state index in [1.165, 1.54) is 24.3 Å². The Hall–Kier alpha value is -7.15. The summed E-state index contributed by atoms with van der Waals surface area (Å²) < 4.78 is 18.5. The molecule has 0 saturated carbocycles. The monoisotopic (exact) mass is 1260 g/mol. The van der Waals surface area contributed by atoms with Gasteiger partial charge in [-0.2, -0.15) is 11.8 Å². The maximum absolute atomic E-state index is 14.1. The number of carboxylic acid groups (broad SMARTS) is 1. The van der Waals surface area contributed by atoms with Crippen LogP contribution in [0.5, 0.6) is 5.75 Å². The molecule has 2 aromatic rings. The Balaban J connectivity index is 1.11. The Bertz CT molecular complexity index is 2600. The van der Waals surface area contributed by atoms with Crippen LogP contribution in [0, 0.1) is 11.8 Å². The Morgan fingerprint density at radius 3 is 2.08 bits per heavy atom. The smallest absolute Gasteiger partial charge is 0.315 e. The van der Waals surface area contributed by atoms with Crippen LogP contribution in [0.15, 0.2) is 30.5 Å². The topological polar surface area (TPSA) is 416 Å². The van der Waals surface area contributed by atoms with Crippen molar-refractivity contribution in [3.8, 4) is 5.75 Å². The summed E-state index contributed by atoms with van der Waals surface area (Å²) in [6, 6.07) is -1.36. The predicted molar refractivity (Wildman–Crippen MR) is 323 cm³/mol. The third kappa shape index (κ3) is 26.3. The number of hydrogen-bond donors (Lipinski definition) is 13. The lowest BCUT2D eigenvalue weighted by molar-refractivity contribution is -0.138. The molecular weight excluding hydrogens is 1160 g/mol. The third-order valence-corrected chi connectivity index (χ3v) is 16.3. The lowest BCUT2D eigenvalue weighted by Gasteiger charge is -2.27. The number of carbonyl (C=O) groups is 10. The molecule has 2 fully saturated rings. The van der Waals surface area contributed by atoms with Gasteiger partial charge in [0.15, 0.2) is 0 Å². The molecule has 490 valence electrons. The molecule has 9 atom stereocenters. The molecule has 88 heavy (non-hydrogen) atoms. The Kier molecular flexibility index (Phi) is 31.2. The highest BCUT2D eigenvalue weighted by Crippen LogP contribution is 2.33. The van der Waals surface area contributed by atoms with E-state index in [0.717, 1.165) is 25.0 Å². The Morgan fingerprint density at radius 1 is 0.727 bits per heavy atom. The number of ether oxygens (including phenoxy) is 3. The highest BCUT2D eigenvalue weighted by molar-refractivity contribution is 8.00. The number of nitrogens with zero attached hydrogens (tertiary/aromatic N) is 3. The Labute approximate surface area is 517 Å². The van der Waals surface area contributed by atoms with Crippen molar-refractivity contribution in [1.82, 2.24) is 68.2 Å². The molecule has 0 spiro atoms. The number of aromatic hydroxyl groups is 1. The van der Waals surface area contributed by atoms with E-state index in [0.29, 0.717) is 101 Å². The fourth-order valence-electron chi connectivity index (χ4n) is 10.0.